The molecule has 29 heavy (non-hydrogen) atoms. The van der Waals surface area contributed by atoms with Gasteiger partial charge in [0, 0.05) is 5.02 Å². The molecule has 0 N–H and O–H groups in total. The van der Waals surface area contributed by atoms with E-state index in [1.807, 2.05) is 43.3 Å². The van der Waals surface area contributed by atoms with Crippen LogP contribution in [-0.4, -0.2) is 17.4 Å². The number of hydrogen-bond acceptors (Lipinski definition) is 3. The number of benzene rings is 3. The number of imidazole rings is 1. The number of halogens is 2. The Morgan fingerprint density at radius 1 is 0.931 bits per heavy atom. The van der Waals surface area contributed by atoms with E-state index >= 15 is 0 Å². The van der Waals surface area contributed by atoms with E-state index in [0.717, 1.165) is 11.1 Å². The molecular formula is C22H16Cl2N2O2S. The lowest BCUT2D eigenvalue weighted by molar-refractivity contribution is 0.588. The molecule has 0 fully saturated rings. The normalized spacial score (nSPS) is 12.1. The minimum absolute atomic E-state index is 0.0696. The summed E-state index contributed by atoms with van der Waals surface area (Å²) in [6.07, 6.45) is 3.51. The highest BCUT2D eigenvalue weighted by Gasteiger charge is 2.25. The second-order valence-corrected chi connectivity index (χ2v) is 9.15. The van der Waals surface area contributed by atoms with Crippen LogP contribution >= 0.6 is 23.2 Å². The molecule has 3 aromatic carbocycles. The molecule has 7 heteroatoms. The first kappa shape index (κ1) is 19.7. The van der Waals surface area contributed by atoms with Gasteiger partial charge in [-0.25, -0.2) is 17.4 Å². The third kappa shape index (κ3) is 3.81. The minimum Gasteiger partial charge on any atom is -0.228 e. The van der Waals surface area contributed by atoms with E-state index in [0.29, 0.717) is 11.0 Å². The molecule has 0 amide bonds. The Hall–Kier alpha value is -2.60. The molecule has 0 spiro atoms. The molecule has 1 aromatic heterocycles. The van der Waals surface area contributed by atoms with Crippen LogP contribution in [0.25, 0.3) is 23.2 Å². The highest BCUT2D eigenvalue weighted by Crippen LogP contribution is 2.30. The molecule has 146 valence electrons. The molecule has 0 aliphatic heterocycles. The maximum Gasteiger partial charge on any atom is 0.271 e. The number of fused-ring (bicyclic) bond motifs is 1. The van der Waals surface area contributed by atoms with Crippen LogP contribution in [0, 0.1) is 6.92 Å². The van der Waals surface area contributed by atoms with Crippen molar-refractivity contribution in [3.63, 3.8) is 0 Å². The number of rotatable bonds is 4. The maximum atomic E-state index is 13.5. The summed E-state index contributed by atoms with van der Waals surface area (Å²) < 4.78 is 28.2. The monoisotopic (exact) mass is 442 g/mol. The van der Waals surface area contributed by atoms with Crippen LogP contribution in [0.3, 0.4) is 0 Å². The van der Waals surface area contributed by atoms with Crippen LogP contribution in [0.2, 0.25) is 10.0 Å². The first-order valence-corrected chi connectivity index (χ1v) is 11.0. The lowest BCUT2D eigenvalue weighted by Gasteiger charge is -2.11. The van der Waals surface area contributed by atoms with Gasteiger partial charge in [-0.15, -0.1) is 0 Å². The Morgan fingerprint density at radius 2 is 1.66 bits per heavy atom. The molecule has 0 unspecified atom stereocenters. The molecule has 0 saturated carbocycles. The Labute approximate surface area is 179 Å². The van der Waals surface area contributed by atoms with Crippen LogP contribution in [0.15, 0.2) is 71.6 Å². The van der Waals surface area contributed by atoms with Crippen molar-refractivity contribution in [3.8, 4) is 0 Å². The molecule has 4 aromatic rings. The van der Waals surface area contributed by atoms with Crippen molar-refractivity contribution in [1.82, 2.24) is 8.96 Å². The zero-order chi connectivity index (χ0) is 20.6. The SMILES string of the molecule is Cc1ccc(C=Cc2nc3ccccc3n2S(=O)(=O)c2cc(Cl)ccc2Cl)cc1. The van der Waals surface area contributed by atoms with Crippen molar-refractivity contribution in [1.29, 1.82) is 0 Å². The second-order valence-electron chi connectivity index (χ2n) is 6.55. The summed E-state index contributed by atoms with van der Waals surface area (Å²) in [6.45, 7) is 2.01. The molecule has 0 atom stereocenters. The summed E-state index contributed by atoms with van der Waals surface area (Å²) in [5.41, 5.74) is 3.12. The topological polar surface area (TPSA) is 52.0 Å². The fraction of sp³-hybridized carbons (Fsp3) is 0.0455. The van der Waals surface area contributed by atoms with E-state index in [9.17, 15) is 8.42 Å². The van der Waals surface area contributed by atoms with Gasteiger partial charge < -0.3 is 0 Å². The van der Waals surface area contributed by atoms with Crippen LogP contribution in [0.4, 0.5) is 0 Å². The number of hydrogen-bond donors (Lipinski definition) is 0. The third-order valence-electron chi connectivity index (χ3n) is 4.46. The lowest BCUT2D eigenvalue weighted by Crippen LogP contribution is -2.15. The highest BCUT2D eigenvalue weighted by atomic mass is 35.5. The number of nitrogens with zero attached hydrogens (tertiary/aromatic N) is 2. The predicted octanol–water partition coefficient (Wildman–Crippen LogP) is 6.06. The molecule has 0 saturated heterocycles. The molecular weight excluding hydrogens is 427 g/mol. The van der Waals surface area contributed by atoms with E-state index < -0.39 is 10.0 Å². The van der Waals surface area contributed by atoms with Crippen LogP contribution in [0.1, 0.15) is 17.0 Å². The van der Waals surface area contributed by atoms with E-state index in [2.05, 4.69) is 4.98 Å². The average Bonchev–Trinajstić information content (AvgIpc) is 3.08. The molecule has 4 nitrogen and oxygen atoms in total. The molecule has 1 heterocycles. The minimum atomic E-state index is -4.03. The van der Waals surface area contributed by atoms with Gasteiger partial charge >= 0.3 is 0 Å². The van der Waals surface area contributed by atoms with Gasteiger partial charge in [0.2, 0.25) is 0 Å². The summed E-state index contributed by atoms with van der Waals surface area (Å²) in [5.74, 6) is 0.280. The van der Waals surface area contributed by atoms with Gasteiger partial charge in [-0.3, -0.25) is 0 Å². The van der Waals surface area contributed by atoms with E-state index in [1.165, 1.54) is 16.1 Å². The van der Waals surface area contributed by atoms with Gasteiger partial charge in [-0.1, -0.05) is 71.2 Å². The van der Waals surface area contributed by atoms with Crippen LogP contribution in [-0.2, 0) is 10.0 Å². The third-order valence-corrected chi connectivity index (χ3v) is 6.89. The molecule has 0 bridgehead atoms. The Bertz CT molecular complexity index is 1340. The van der Waals surface area contributed by atoms with Crippen molar-refractivity contribution in [3.05, 3.63) is 93.7 Å². The number of aromatic nitrogens is 2. The summed E-state index contributed by atoms with van der Waals surface area (Å²) in [6, 6.07) is 19.3. The van der Waals surface area contributed by atoms with Gasteiger partial charge in [-0.05, 0) is 48.9 Å². The second kappa shape index (κ2) is 7.67. The Balaban J connectivity index is 1.92. The van der Waals surface area contributed by atoms with Crippen molar-refractivity contribution in [2.75, 3.05) is 0 Å². The molecule has 0 aliphatic carbocycles. The van der Waals surface area contributed by atoms with E-state index in [-0.39, 0.29) is 20.8 Å². The van der Waals surface area contributed by atoms with Crippen LogP contribution < -0.4 is 0 Å². The lowest BCUT2D eigenvalue weighted by atomic mass is 10.1. The zero-order valence-corrected chi connectivity index (χ0v) is 17.7. The highest BCUT2D eigenvalue weighted by molar-refractivity contribution is 7.90. The largest absolute Gasteiger partial charge is 0.271 e. The smallest absolute Gasteiger partial charge is 0.228 e. The fourth-order valence-corrected chi connectivity index (χ4v) is 5.20. The average molecular weight is 443 g/mol. The summed E-state index contributed by atoms with van der Waals surface area (Å²) in [5, 5.41) is 0.384. The maximum absolute atomic E-state index is 13.5. The molecule has 4 rings (SSSR count). The Kier molecular flexibility index (Phi) is 5.21. The summed E-state index contributed by atoms with van der Waals surface area (Å²) in [7, 11) is -4.03. The van der Waals surface area contributed by atoms with Gasteiger partial charge in [-0.2, -0.15) is 0 Å². The van der Waals surface area contributed by atoms with E-state index in [4.69, 9.17) is 23.2 Å². The van der Waals surface area contributed by atoms with Gasteiger partial charge in [0.25, 0.3) is 10.0 Å². The fourth-order valence-electron chi connectivity index (χ4n) is 3.00. The first-order valence-electron chi connectivity index (χ1n) is 8.79. The summed E-state index contributed by atoms with van der Waals surface area (Å²) in [4.78, 5) is 4.44. The quantitative estimate of drug-likeness (QED) is 0.385. The zero-order valence-electron chi connectivity index (χ0n) is 15.4. The summed E-state index contributed by atoms with van der Waals surface area (Å²) >= 11 is 12.2. The van der Waals surface area contributed by atoms with Crippen molar-refractivity contribution >= 4 is 56.4 Å². The van der Waals surface area contributed by atoms with Crippen molar-refractivity contribution in [2.45, 2.75) is 11.8 Å². The van der Waals surface area contributed by atoms with Gasteiger partial charge in [0.1, 0.15) is 10.7 Å². The van der Waals surface area contributed by atoms with Gasteiger partial charge in [0.05, 0.1) is 16.1 Å². The van der Waals surface area contributed by atoms with Crippen molar-refractivity contribution < 1.29 is 8.42 Å². The number of aryl methyl sites for hydroxylation is 1. The first-order chi connectivity index (χ1) is 13.9. The Morgan fingerprint density at radius 3 is 2.41 bits per heavy atom. The standard InChI is InChI=1S/C22H16Cl2N2O2S/c1-15-6-8-16(9-7-15)10-13-22-25-19-4-2-3-5-20(19)26(22)29(27,28)21-14-17(23)11-12-18(21)24/h2-14H,1H3. The van der Waals surface area contributed by atoms with Gasteiger partial charge in [0.15, 0.2) is 0 Å². The molecule has 0 radical (unpaired) electrons. The van der Waals surface area contributed by atoms with Crippen molar-refractivity contribution in [2.24, 2.45) is 0 Å². The number of para-hydroxylation sites is 2. The van der Waals surface area contributed by atoms with E-state index in [1.54, 1.807) is 30.3 Å². The molecule has 0 aliphatic rings. The predicted molar refractivity (Wildman–Crippen MR) is 119 cm³/mol. The van der Waals surface area contributed by atoms with Crippen LogP contribution in [0.5, 0.6) is 0 Å².